The molecule has 0 bridgehead atoms. The Morgan fingerprint density at radius 2 is 2.09 bits per heavy atom. The van der Waals surface area contributed by atoms with Crippen LogP contribution in [-0.2, 0) is 15.7 Å². The van der Waals surface area contributed by atoms with Gasteiger partial charge in [0.1, 0.15) is 6.61 Å². The van der Waals surface area contributed by atoms with Crippen molar-refractivity contribution in [1.29, 1.82) is 0 Å². The van der Waals surface area contributed by atoms with Gasteiger partial charge in [-0.15, -0.1) is 0 Å². The SMILES string of the molecule is CC(C)[C@H]1COC(=O)N1C(=O)/C=C/c1cccc(C(F)(F)F)c1. The van der Waals surface area contributed by atoms with Gasteiger partial charge in [0.2, 0.25) is 0 Å². The van der Waals surface area contributed by atoms with Gasteiger partial charge in [-0.1, -0.05) is 26.0 Å². The van der Waals surface area contributed by atoms with Crippen LogP contribution in [0.3, 0.4) is 0 Å². The molecule has 1 atom stereocenters. The Morgan fingerprint density at radius 3 is 2.70 bits per heavy atom. The van der Waals surface area contributed by atoms with Gasteiger partial charge in [0.25, 0.3) is 5.91 Å². The second-order valence-electron chi connectivity index (χ2n) is 5.55. The fraction of sp³-hybridized carbons (Fsp3) is 0.375. The first-order valence-electron chi connectivity index (χ1n) is 7.05. The zero-order valence-electron chi connectivity index (χ0n) is 12.6. The molecule has 124 valence electrons. The zero-order chi connectivity index (χ0) is 17.2. The third kappa shape index (κ3) is 3.91. The minimum absolute atomic E-state index is 0.0207. The van der Waals surface area contributed by atoms with E-state index >= 15 is 0 Å². The summed E-state index contributed by atoms with van der Waals surface area (Å²) in [6.07, 6.45) is -2.85. The quantitative estimate of drug-likeness (QED) is 0.795. The average molecular weight is 327 g/mol. The second-order valence-corrected chi connectivity index (χ2v) is 5.55. The predicted octanol–water partition coefficient (Wildman–Crippen LogP) is 3.72. The maximum Gasteiger partial charge on any atom is 0.417 e. The van der Waals surface area contributed by atoms with E-state index in [-0.39, 0.29) is 24.1 Å². The van der Waals surface area contributed by atoms with Crippen molar-refractivity contribution in [1.82, 2.24) is 4.90 Å². The number of nitrogens with zero attached hydrogens (tertiary/aromatic N) is 1. The first-order chi connectivity index (χ1) is 10.7. The van der Waals surface area contributed by atoms with Crippen molar-refractivity contribution in [3.05, 3.63) is 41.5 Å². The van der Waals surface area contributed by atoms with Gasteiger partial charge < -0.3 is 4.74 Å². The molecule has 1 aromatic rings. The number of hydrogen-bond acceptors (Lipinski definition) is 3. The molecule has 0 saturated carbocycles. The third-order valence-corrected chi connectivity index (χ3v) is 3.55. The van der Waals surface area contributed by atoms with Gasteiger partial charge in [0, 0.05) is 6.08 Å². The van der Waals surface area contributed by atoms with E-state index in [0.717, 1.165) is 23.1 Å². The highest BCUT2D eigenvalue weighted by atomic mass is 19.4. The summed E-state index contributed by atoms with van der Waals surface area (Å²) in [5.74, 6) is -0.587. The number of rotatable bonds is 3. The predicted molar refractivity (Wildman–Crippen MR) is 77.3 cm³/mol. The van der Waals surface area contributed by atoms with E-state index in [1.807, 2.05) is 13.8 Å². The van der Waals surface area contributed by atoms with Crippen LogP contribution in [0.15, 0.2) is 30.3 Å². The summed E-state index contributed by atoms with van der Waals surface area (Å²) in [5, 5.41) is 0. The highest BCUT2D eigenvalue weighted by Gasteiger charge is 2.38. The van der Waals surface area contributed by atoms with Gasteiger partial charge in [-0.05, 0) is 29.7 Å². The largest absolute Gasteiger partial charge is 0.447 e. The first kappa shape index (κ1) is 17.1. The van der Waals surface area contributed by atoms with Crippen LogP contribution >= 0.6 is 0 Å². The van der Waals surface area contributed by atoms with Gasteiger partial charge in [0.05, 0.1) is 11.6 Å². The molecule has 0 radical (unpaired) electrons. The van der Waals surface area contributed by atoms with Crippen molar-refractivity contribution in [3.63, 3.8) is 0 Å². The lowest BCUT2D eigenvalue weighted by Gasteiger charge is -2.21. The van der Waals surface area contributed by atoms with Crippen LogP contribution in [0.4, 0.5) is 18.0 Å². The van der Waals surface area contributed by atoms with Gasteiger partial charge >= 0.3 is 12.3 Å². The van der Waals surface area contributed by atoms with Crippen molar-refractivity contribution < 1.29 is 27.5 Å². The van der Waals surface area contributed by atoms with Gasteiger partial charge in [0.15, 0.2) is 0 Å². The first-order valence-corrected chi connectivity index (χ1v) is 7.05. The second kappa shape index (κ2) is 6.44. The Hall–Kier alpha value is -2.31. The summed E-state index contributed by atoms with van der Waals surface area (Å²) in [7, 11) is 0. The Balaban J connectivity index is 2.17. The number of carbonyl (C=O) groups excluding carboxylic acids is 2. The Labute approximate surface area is 131 Å². The highest BCUT2D eigenvalue weighted by molar-refractivity contribution is 6.02. The lowest BCUT2D eigenvalue weighted by atomic mass is 10.0. The fourth-order valence-electron chi connectivity index (χ4n) is 2.25. The topological polar surface area (TPSA) is 46.6 Å². The molecule has 1 aliphatic heterocycles. The van der Waals surface area contributed by atoms with Crippen molar-refractivity contribution >= 4 is 18.1 Å². The van der Waals surface area contributed by atoms with E-state index in [9.17, 15) is 22.8 Å². The maximum atomic E-state index is 12.6. The van der Waals surface area contributed by atoms with Crippen LogP contribution in [0.2, 0.25) is 0 Å². The Morgan fingerprint density at radius 1 is 1.39 bits per heavy atom. The summed E-state index contributed by atoms with van der Waals surface area (Å²) in [6, 6.07) is 4.22. The number of benzene rings is 1. The maximum absolute atomic E-state index is 12.6. The van der Waals surface area contributed by atoms with Crippen molar-refractivity contribution in [2.75, 3.05) is 6.61 Å². The molecular formula is C16H16F3NO3. The van der Waals surface area contributed by atoms with Crippen LogP contribution in [0, 0.1) is 5.92 Å². The summed E-state index contributed by atoms with van der Waals surface area (Å²) in [5.41, 5.74) is -0.574. The zero-order valence-corrected chi connectivity index (χ0v) is 12.6. The number of cyclic esters (lactones) is 1. The smallest absolute Gasteiger partial charge is 0.417 e. The normalized spacial score (nSPS) is 18.8. The van der Waals surface area contributed by atoms with E-state index in [0.29, 0.717) is 0 Å². The molecule has 0 aromatic heterocycles. The Kier molecular flexibility index (Phi) is 4.77. The van der Waals surface area contributed by atoms with Crippen LogP contribution in [0.1, 0.15) is 25.0 Å². The standard InChI is InChI=1S/C16H16F3NO3/c1-10(2)13-9-23-15(22)20(13)14(21)7-6-11-4-3-5-12(8-11)16(17,18)19/h3-8,10,13H,9H2,1-2H3/b7-6+/t13-/m1/s1. The number of carbonyl (C=O) groups is 2. The Bertz CT molecular complexity index is 638. The molecule has 1 heterocycles. The summed E-state index contributed by atoms with van der Waals surface area (Å²) in [6.45, 7) is 3.83. The molecule has 0 unspecified atom stereocenters. The van der Waals surface area contributed by atoms with Gasteiger partial charge in [-0.25, -0.2) is 9.69 Å². The summed E-state index contributed by atoms with van der Waals surface area (Å²) >= 11 is 0. The minimum Gasteiger partial charge on any atom is -0.447 e. The van der Waals surface area contributed by atoms with Crippen molar-refractivity contribution in [2.45, 2.75) is 26.1 Å². The van der Waals surface area contributed by atoms with Gasteiger partial charge in [-0.2, -0.15) is 13.2 Å². The van der Waals surface area contributed by atoms with Crippen LogP contribution in [0.5, 0.6) is 0 Å². The number of amides is 2. The average Bonchev–Trinajstić information content (AvgIpc) is 2.86. The molecule has 7 heteroatoms. The molecule has 0 N–H and O–H groups in total. The summed E-state index contributed by atoms with van der Waals surface area (Å²) in [4.78, 5) is 24.8. The lowest BCUT2D eigenvalue weighted by molar-refractivity contribution is -0.137. The summed E-state index contributed by atoms with van der Waals surface area (Å²) < 4.78 is 42.8. The van der Waals surface area contributed by atoms with E-state index < -0.39 is 23.7 Å². The molecular weight excluding hydrogens is 311 g/mol. The number of halogens is 3. The molecule has 2 amide bonds. The molecule has 0 spiro atoms. The molecule has 23 heavy (non-hydrogen) atoms. The number of alkyl halides is 3. The minimum atomic E-state index is -4.45. The molecule has 1 saturated heterocycles. The molecule has 0 aliphatic carbocycles. The lowest BCUT2D eigenvalue weighted by Crippen LogP contribution is -2.40. The molecule has 1 fully saturated rings. The number of imide groups is 1. The van der Waals surface area contributed by atoms with Crippen LogP contribution in [-0.4, -0.2) is 29.5 Å². The molecule has 2 rings (SSSR count). The van der Waals surface area contributed by atoms with Crippen LogP contribution < -0.4 is 0 Å². The third-order valence-electron chi connectivity index (χ3n) is 3.55. The van der Waals surface area contributed by atoms with E-state index in [1.165, 1.54) is 18.2 Å². The molecule has 1 aromatic carbocycles. The van der Waals surface area contributed by atoms with E-state index in [1.54, 1.807) is 0 Å². The monoisotopic (exact) mass is 327 g/mol. The van der Waals surface area contributed by atoms with E-state index in [2.05, 4.69) is 0 Å². The molecule has 4 nitrogen and oxygen atoms in total. The fourth-order valence-corrected chi connectivity index (χ4v) is 2.25. The van der Waals surface area contributed by atoms with Crippen LogP contribution in [0.25, 0.3) is 6.08 Å². The van der Waals surface area contributed by atoms with Gasteiger partial charge in [-0.3, -0.25) is 4.79 Å². The number of ether oxygens (including phenoxy) is 1. The van der Waals surface area contributed by atoms with Crippen molar-refractivity contribution in [3.8, 4) is 0 Å². The van der Waals surface area contributed by atoms with Crippen molar-refractivity contribution in [2.24, 2.45) is 5.92 Å². The molecule has 1 aliphatic rings. The number of hydrogen-bond donors (Lipinski definition) is 0. The van der Waals surface area contributed by atoms with E-state index in [4.69, 9.17) is 4.74 Å². The highest BCUT2D eigenvalue weighted by Crippen LogP contribution is 2.29.